The molecule has 1 aliphatic rings. The first-order chi connectivity index (χ1) is 16.5. The van der Waals surface area contributed by atoms with Gasteiger partial charge in [-0.2, -0.15) is 0 Å². The largest absolute Gasteiger partial charge is 0.352 e. The molecule has 0 unspecified atom stereocenters. The van der Waals surface area contributed by atoms with E-state index in [1.165, 1.54) is 6.08 Å². The Hall–Kier alpha value is -3.77. The molecule has 2 aromatic carbocycles. The number of nitrogens with zero attached hydrogens (tertiary/aromatic N) is 3. The van der Waals surface area contributed by atoms with E-state index in [-0.39, 0.29) is 11.7 Å². The first kappa shape index (κ1) is 23.4. The molecule has 6 heteroatoms. The summed E-state index contributed by atoms with van der Waals surface area (Å²) in [6.07, 6.45) is 5.36. The van der Waals surface area contributed by atoms with Crippen molar-refractivity contribution in [2.45, 2.75) is 13.3 Å². The van der Waals surface area contributed by atoms with Crippen LogP contribution in [0.4, 0.5) is 11.5 Å². The first-order valence-corrected chi connectivity index (χ1v) is 11.5. The maximum Gasteiger partial charge on any atom is 0.248 e. The van der Waals surface area contributed by atoms with Crippen LogP contribution in [-0.2, 0) is 11.2 Å². The van der Waals surface area contributed by atoms with Crippen molar-refractivity contribution in [3.63, 3.8) is 0 Å². The smallest absolute Gasteiger partial charge is 0.248 e. The van der Waals surface area contributed by atoms with E-state index in [9.17, 15) is 9.59 Å². The highest BCUT2D eigenvalue weighted by Gasteiger charge is 2.18. The molecular weight excluding hydrogens is 424 g/mol. The highest BCUT2D eigenvalue weighted by atomic mass is 16.1. The average Bonchev–Trinajstić information content (AvgIpc) is 2.84. The van der Waals surface area contributed by atoms with Crippen molar-refractivity contribution >= 4 is 29.3 Å². The topological polar surface area (TPSA) is 65.5 Å². The third-order valence-corrected chi connectivity index (χ3v) is 5.93. The van der Waals surface area contributed by atoms with Crippen LogP contribution in [-0.4, -0.2) is 54.8 Å². The van der Waals surface area contributed by atoms with Gasteiger partial charge in [0.05, 0.1) is 5.69 Å². The lowest BCUT2D eigenvalue weighted by atomic mass is 10.00. The van der Waals surface area contributed by atoms with Crippen LogP contribution < -0.4 is 10.2 Å². The standard InChI is InChI=1S/C28H30N4O2/c1-21-6-3-9-24(18-21)26(33)20-23-8-4-7-22(19-23)11-12-27(34)30-25-10-5-13-29-28(25)32-16-14-31(2)15-17-32/h3-13,18-19H,14-17,20H2,1-2H3,(H,30,34)/b12-11+. The number of carbonyl (C=O) groups is 2. The van der Waals surface area contributed by atoms with Gasteiger partial charge in [0, 0.05) is 50.4 Å². The van der Waals surface area contributed by atoms with E-state index < -0.39 is 0 Å². The van der Waals surface area contributed by atoms with E-state index >= 15 is 0 Å². The molecule has 1 amide bonds. The Kier molecular flexibility index (Phi) is 7.50. The maximum atomic E-state index is 12.6. The Balaban J connectivity index is 1.40. The number of piperazine rings is 1. The molecule has 0 bridgehead atoms. The van der Waals surface area contributed by atoms with Crippen molar-refractivity contribution in [3.05, 3.63) is 95.2 Å². The molecule has 1 aromatic heterocycles. The Morgan fingerprint density at radius 1 is 1.00 bits per heavy atom. The van der Waals surface area contributed by atoms with Crippen LogP contribution in [0.15, 0.2) is 72.9 Å². The fourth-order valence-corrected chi connectivity index (χ4v) is 4.02. The van der Waals surface area contributed by atoms with Crippen LogP contribution in [0.5, 0.6) is 0 Å². The molecule has 34 heavy (non-hydrogen) atoms. The van der Waals surface area contributed by atoms with Crippen LogP contribution in [0.1, 0.15) is 27.0 Å². The number of carbonyl (C=O) groups excluding carboxylic acids is 2. The number of likely N-dealkylation sites (N-methyl/N-ethyl adjacent to an activating group) is 1. The van der Waals surface area contributed by atoms with Crippen molar-refractivity contribution in [2.24, 2.45) is 0 Å². The number of pyridine rings is 1. The number of anilines is 2. The molecule has 1 saturated heterocycles. The summed E-state index contributed by atoms with van der Waals surface area (Å²) in [4.78, 5) is 34.3. The molecule has 0 radical (unpaired) electrons. The van der Waals surface area contributed by atoms with Crippen LogP contribution in [0.3, 0.4) is 0 Å². The van der Waals surface area contributed by atoms with E-state index in [4.69, 9.17) is 0 Å². The molecule has 6 nitrogen and oxygen atoms in total. The number of amides is 1. The summed E-state index contributed by atoms with van der Waals surface area (Å²) in [6, 6.07) is 19.0. The Morgan fingerprint density at radius 3 is 2.59 bits per heavy atom. The fourth-order valence-electron chi connectivity index (χ4n) is 4.02. The number of benzene rings is 2. The molecule has 0 aliphatic carbocycles. The van der Waals surface area contributed by atoms with E-state index in [2.05, 4.69) is 27.1 Å². The van der Waals surface area contributed by atoms with Gasteiger partial charge in [0.15, 0.2) is 11.6 Å². The molecule has 0 atom stereocenters. The SMILES string of the molecule is Cc1cccc(C(=O)Cc2cccc(/C=C/C(=O)Nc3cccnc3N3CCN(C)CC3)c2)c1. The average molecular weight is 455 g/mol. The Bertz CT molecular complexity index is 1200. The summed E-state index contributed by atoms with van der Waals surface area (Å²) in [6.45, 7) is 5.66. The third kappa shape index (κ3) is 6.17. The molecule has 1 fully saturated rings. The lowest BCUT2D eigenvalue weighted by Crippen LogP contribution is -2.45. The highest BCUT2D eigenvalue weighted by molar-refractivity contribution is 6.03. The van der Waals surface area contributed by atoms with Crippen LogP contribution in [0, 0.1) is 6.92 Å². The minimum absolute atomic E-state index is 0.0792. The van der Waals surface area contributed by atoms with Gasteiger partial charge in [-0.25, -0.2) is 4.98 Å². The summed E-state index contributed by atoms with van der Waals surface area (Å²) in [5, 5.41) is 2.97. The van der Waals surface area contributed by atoms with Crippen molar-refractivity contribution in [1.82, 2.24) is 9.88 Å². The second-order valence-corrected chi connectivity index (χ2v) is 8.70. The van der Waals surface area contributed by atoms with Gasteiger partial charge in [0.25, 0.3) is 0 Å². The first-order valence-electron chi connectivity index (χ1n) is 11.5. The van der Waals surface area contributed by atoms with Gasteiger partial charge in [0.1, 0.15) is 0 Å². The molecular formula is C28H30N4O2. The van der Waals surface area contributed by atoms with Gasteiger partial charge in [-0.1, -0.05) is 48.0 Å². The summed E-state index contributed by atoms with van der Waals surface area (Å²) >= 11 is 0. The van der Waals surface area contributed by atoms with Gasteiger partial charge in [-0.3, -0.25) is 9.59 Å². The van der Waals surface area contributed by atoms with Gasteiger partial charge in [-0.15, -0.1) is 0 Å². The van der Waals surface area contributed by atoms with Gasteiger partial charge >= 0.3 is 0 Å². The second kappa shape index (κ2) is 10.9. The normalized spacial score (nSPS) is 14.4. The van der Waals surface area contributed by atoms with Gasteiger partial charge < -0.3 is 15.1 Å². The maximum absolute atomic E-state index is 12.6. The molecule has 0 saturated carbocycles. The zero-order chi connectivity index (χ0) is 23.9. The molecule has 3 aromatic rings. The molecule has 1 aliphatic heterocycles. The zero-order valence-corrected chi connectivity index (χ0v) is 19.7. The van der Waals surface area contributed by atoms with Crippen molar-refractivity contribution in [1.29, 1.82) is 0 Å². The zero-order valence-electron chi connectivity index (χ0n) is 19.7. The quantitative estimate of drug-likeness (QED) is 0.428. The molecule has 1 N–H and O–H groups in total. The minimum atomic E-state index is -0.218. The lowest BCUT2D eigenvalue weighted by Gasteiger charge is -2.34. The number of ketones is 1. The van der Waals surface area contributed by atoms with Crippen molar-refractivity contribution < 1.29 is 9.59 Å². The molecule has 0 spiro atoms. The number of aromatic nitrogens is 1. The van der Waals surface area contributed by atoms with Gasteiger partial charge in [-0.05, 0) is 49.4 Å². The number of Topliss-reactive ketones (excluding diaryl/α,β-unsaturated/α-hetero) is 1. The van der Waals surface area contributed by atoms with Crippen LogP contribution in [0.25, 0.3) is 6.08 Å². The summed E-state index contributed by atoms with van der Waals surface area (Å²) in [5.74, 6) is 0.661. The predicted octanol–water partition coefficient (Wildman–Crippen LogP) is 4.22. The van der Waals surface area contributed by atoms with Gasteiger partial charge in [0.2, 0.25) is 5.91 Å². The van der Waals surface area contributed by atoms with Crippen LogP contribution >= 0.6 is 0 Å². The third-order valence-electron chi connectivity index (χ3n) is 5.93. The lowest BCUT2D eigenvalue weighted by molar-refractivity contribution is -0.111. The minimum Gasteiger partial charge on any atom is -0.352 e. The summed E-state index contributed by atoms with van der Waals surface area (Å²) < 4.78 is 0. The fraction of sp³-hybridized carbons (Fsp3) is 0.250. The molecule has 2 heterocycles. The number of hydrogen-bond donors (Lipinski definition) is 1. The number of nitrogens with one attached hydrogen (secondary N) is 1. The monoisotopic (exact) mass is 454 g/mol. The van der Waals surface area contributed by atoms with E-state index in [1.54, 1.807) is 12.3 Å². The molecule has 4 rings (SSSR count). The van der Waals surface area contributed by atoms with E-state index in [0.717, 1.165) is 48.7 Å². The van der Waals surface area contributed by atoms with E-state index in [0.29, 0.717) is 17.7 Å². The van der Waals surface area contributed by atoms with Crippen molar-refractivity contribution in [2.75, 3.05) is 43.4 Å². The number of aryl methyl sites for hydroxylation is 1. The Morgan fingerprint density at radius 2 is 1.79 bits per heavy atom. The van der Waals surface area contributed by atoms with Crippen LogP contribution in [0.2, 0.25) is 0 Å². The van der Waals surface area contributed by atoms with Crippen molar-refractivity contribution in [3.8, 4) is 0 Å². The highest BCUT2D eigenvalue weighted by Crippen LogP contribution is 2.24. The number of rotatable bonds is 7. The second-order valence-electron chi connectivity index (χ2n) is 8.70. The molecule has 174 valence electrons. The Labute approximate surface area is 200 Å². The van der Waals surface area contributed by atoms with E-state index in [1.807, 2.05) is 67.6 Å². The summed E-state index contributed by atoms with van der Waals surface area (Å²) in [5.41, 5.74) is 4.28. The number of hydrogen-bond acceptors (Lipinski definition) is 5. The summed E-state index contributed by atoms with van der Waals surface area (Å²) in [7, 11) is 2.11. The predicted molar refractivity (Wildman–Crippen MR) is 137 cm³/mol.